The summed E-state index contributed by atoms with van der Waals surface area (Å²) in [4.78, 5) is 2.34. The van der Waals surface area contributed by atoms with E-state index in [2.05, 4.69) is 34.9 Å². The predicted molar refractivity (Wildman–Crippen MR) is 120 cm³/mol. The van der Waals surface area contributed by atoms with Crippen molar-refractivity contribution in [2.24, 2.45) is 0 Å². The summed E-state index contributed by atoms with van der Waals surface area (Å²) in [5.74, 6) is 3.13. The number of hydrogen-bond donors (Lipinski definition) is 0. The highest BCUT2D eigenvalue weighted by atomic mass is 16.5. The van der Waals surface area contributed by atoms with Crippen molar-refractivity contribution in [1.29, 1.82) is 0 Å². The van der Waals surface area contributed by atoms with E-state index in [0.29, 0.717) is 35.7 Å². The molecule has 0 saturated carbocycles. The Hall–Kier alpha value is -3.85. The second-order valence-electron chi connectivity index (χ2n) is 8.37. The van der Waals surface area contributed by atoms with Crippen LogP contribution in [0.15, 0.2) is 63.7 Å². The minimum atomic E-state index is 0.394. The second kappa shape index (κ2) is 8.25. The molecular weight excluding hydrogens is 418 g/mol. The molecule has 0 amide bonds. The van der Waals surface area contributed by atoms with Crippen LogP contribution in [0.4, 0.5) is 0 Å². The molecule has 1 aliphatic heterocycles. The first-order valence-electron chi connectivity index (χ1n) is 11.1. The fourth-order valence-corrected chi connectivity index (χ4v) is 4.51. The average molecular weight is 441 g/mol. The van der Waals surface area contributed by atoms with E-state index in [1.807, 2.05) is 61.7 Å². The van der Waals surface area contributed by atoms with Gasteiger partial charge in [0.05, 0.1) is 6.54 Å². The molecule has 0 atom stereocenters. The molecule has 1 saturated heterocycles. The number of fused-ring (bicyclic) bond motifs is 1. The van der Waals surface area contributed by atoms with Gasteiger partial charge in [0, 0.05) is 17.7 Å². The lowest BCUT2D eigenvalue weighted by molar-refractivity contribution is 0.185. The summed E-state index contributed by atoms with van der Waals surface area (Å²) < 4.78 is 13.6. The zero-order chi connectivity index (χ0) is 22.2. The SMILES string of the molecule is Cc1onc(-c2ccccc2)c1-c1nnc(CN2CCC(c3nnc4ccccn34)CC2)o1. The van der Waals surface area contributed by atoms with Gasteiger partial charge in [-0.1, -0.05) is 41.6 Å². The molecule has 33 heavy (non-hydrogen) atoms. The van der Waals surface area contributed by atoms with Crippen molar-refractivity contribution in [3.05, 3.63) is 72.2 Å². The van der Waals surface area contributed by atoms with E-state index in [-0.39, 0.29) is 0 Å². The Morgan fingerprint density at radius 2 is 1.76 bits per heavy atom. The third kappa shape index (κ3) is 3.70. The summed E-state index contributed by atoms with van der Waals surface area (Å²) in [5.41, 5.74) is 3.31. The van der Waals surface area contributed by atoms with Crippen molar-refractivity contribution in [1.82, 2.24) is 34.9 Å². The lowest BCUT2D eigenvalue weighted by Gasteiger charge is -2.30. The molecule has 9 heteroatoms. The maximum absolute atomic E-state index is 6.04. The lowest BCUT2D eigenvalue weighted by Crippen LogP contribution is -2.33. The van der Waals surface area contributed by atoms with Crippen LogP contribution in [0.25, 0.3) is 28.4 Å². The number of piperidine rings is 1. The monoisotopic (exact) mass is 441 g/mol. The van der Waals surface area contributed by atoms with Gasteiger partial charge in [-0.15, -0.1) is 20.4 Å². The highest BCUT2D eigenvalue weighted by molar-refractivity contribution is 5.77. The molecule has 1 fully saturated rings. The summed E-state index contributed by atoms with van der Waals surface area (Å²) in [6.07, 6.45) is 4.06. The van der Waals surface area contributed by atoms with Crippen molar-refractivity contribution in [2.45, 2.75) is 32.2 Å². The van der Waals surface area contributed by atoms with E-state index in [1.54, 1.807) is 0 Å². The number of hydrogen-bond acceptors (Lipinski definition) is 8. The lowest BCUT2D eigenvalue weighted by atomic mass is 9.96. The molecule has 1 aliphatic rings. The molecule has 166 valence electrons. The Bertz CT molecular complexity index is 1380. The van der Waals surface area contributed by atoms with Crippen molar-refractivity contribution in [3.63, 3.8) is 0 Å². The number of pyridine rings is 1. The van der Waals surface area contributed by atoms with Crippen LogP contribution in [0.1, 0.15) is 36.2 Å². The Balaban J connectivity index is 1.15. The molecule has 6 rings (SSSR count). The zero-order valence-corrected chi connectivity index (χ0v) is 18.3. The van der Waals surface area contributed by atoms with Crippen molar-refractivity contribution >= 4 is 5.65 Å². The topological polar surface area (TPSA) is 98.4 Å². The van der Waals surface area contributed by atoms with Crippen molar-refractivity contribution < 1.29 is 8.94 Å². The largest absolute Gasteiger partial charge is 0.419 e. The molecule has 5 aromatic rings. The fourth-order valence-electron chi connectivity index (χ4n) is 4.51. The number of nitrogens with zero attached hydrogens (tertiary/aromatic N) is 7. The van der Waals surface area contributed by atoms with Gasteiger partial charge >= 0.3 is 0 Å². The first-order chi connectivity index (χ1) is 16.3. The minimum absolute atomic E-state index is 0.394. The third-order valence-corrected chi connectivity index (χ3v) is 6.24. The average Bonchev–Trinajstić information content (AvgIpc) is 3.58. The summed E-state index contributed by atoms with van der Waals surface area (Å²) in [7, 11) is 0. The first-order valence-corrected chi connectivity index (χ1v) is 11.1. The van der Waals surface area contributed by atoms with E-state index in [9.17, 15) is 0 Å². The van der Waals surface area contributed by atoms with Crippen LogP contribution in [0, 0.1) is 6.92 Å². The molecule has 0 unspecified atom stereocenters. The van der Waals surface area contributed by atoms with Crippen LogP contribution in [-0.2, 0) is 6.54 Å². The Kier molecular flexibility index (Phi) is 4.95. The van der Waals surface area contributed by atoms with E-state index in [4.69, 9.17) is 8.94 Å². The molecule has 1 aromatic carbocycles. The van der Waals surface area contributed by atoms with Gasteiger partial charge in [-0.05, 0) is 45.0 Å². The number of likely N-dealkylation sites (tertiary alicyclic amines) is 1. The number of rotatable bonds is 5. The summed E-state index contributed by atoms with van der Waals surface area (Å²) in [5, 5.41) is 21.5. The Morgan fingerprint density at radius 1 is 0.939 bits per heavy atom. The Morgan fingerprint density at radius 3 is 2.61 bits per heavy atom. The van der Waals surface area contributed by atoms with E-state index >= 15 is 0 Å². The van der Waals surface area contributed by atoms with Crippen molar-refractivity contribution in [3.8, 4) is 22.7 Å². The van der Waals surface area contributed by atoms with Gasteiger partial charge in [0.25, 0.3) is 5.89 Å². The highest BCUT2D eigenvalue weighted by Gasteiger charge is 2.26. The maximum Gasteiger partial charge on any atom is 0.253 e. The zero-order valence-electron chi connectivity index (χ0n) is 18.3. The van der Waals surface area contributed by atoms with Crippen LogP contribution in [0.3, 0.4) is 0 Å². The molecule has 0 radical (unpaired) electrons. The fraction of sp³-hybridized carbons (Fsp3) is 0.292. The van der Waals surface area contributed by atoms with Crippen LogP contribution in [-0.4, -0.2) is 47.9 Å². The standard InChI is InChI=1S/C24H23N7O2/c1-16-21(22(29-33-16)17-7-3-2-4-8-17)24-28-26-20(32-24)15-30-13-10-18(11-14-30)23-27-25-19-9-5-6-12-31(19)23/h2-9,12,18H,10-11,13-15H2,1H3. The molecule has 0 bridgehead atoms. The van der Waals surface area contributed by atoms with E-state index in [0.717, 1.165) is 48.5 Å². The van der Waals surface area contributed by atoms with Gasteiger partial charge in [-0.25, -0.2) is 0 Å². The molecular formula is C24H23N7O2. The normalized spacial score (nSPS) is 15.4. The molecule has 4 aromatic heterocycles. The molecule has 0 spiro atoms. The molecule has 9 nitrogen and oxygen atoms in total. The van der Waals surface area contributed by atoms with Crippen LogP contribution >= 0.6 is 0 Å². The number of aromatic nitrogens is 6. The van der Waals surface area contributed by atoms with Gasteiger partial charge in [0.15, 0.2) is 5.65 Å². The summed E-state index contributed by atoms with van der Waals surface area (Å²) in [6.45, 7) is 4.35. The van der Waals surface area contributed by atoms with Gasteiger partial charge in [0.1, 0.15) is 22.8 Å². The maximum atomic E-state index is 6.04. The van der Waals surface area contributed by atoms with Crippen LogP contribution < -0.4 is 0 Å². The molecule has 0 N–H and O–H groups in total. The third-order valence-electron chi connectivity index (χ3n) is 6.24. The Labute approximate surface area is 190 Å². The van der Waals surface area contributed by atoms with Crippen molar-refractivity contribution in [2.75, 3.05) is 13.1 Å². The van der Waals surface area contributed by atoms with Crippen LogP contribution in [0.5, 0.6) is 0 Å². The number of benzene rings is 1. The van der Waals surface area contributed by atoms with Gasteiger partial charge in [-0.2, -0.15) is 0 Å². The second-order valence-corrected chi connectivity index (χ2v) is 8.37. The van der Waals surface area contributed by atoms with Crippen LogP contribution in [0.2, 0.25) is 0 Å². The molecule has 5 heterocycles. The summed E-state index contributed by atoms with van der Waals surface area (Å²) in [6, 6.07) is 15.9. The summed E-state index contributed by atoms with van der Waals surface area (Å²) >= 11 is 0. The minimum Gasteiger partial charge on any atom is -0.419 e. The quantitative estimate of drug-likeness (QED) is 0.402. The first kappa shape index (κ1) is 19.8. The number of aryl methyl sites for hydroxylation is 1. The predicted octanol–water partition coefficient (Wildman–Crippen LogP) is 4.12. The van der Waals surface area contributed by atoms with Gasteiger partial charge in [-0.3, -0.25) is 9.30 Å². The van der Waals surface area contributed by atoms with Gasteiger partial charge in [0.2, 0.25) is 5.89 Å². The van der Waals surface area contributed by atoms with Gasteiger partial charge < -0.3 is 8.94 Å². The smallest absolute Gasteiger partial charge is 0.253 e. The van der Waals surface area contributed by atoms with E-state index < -0.39 is 0 Å². The highest BCUT2D eigenvalue weighted by Crippen LogP contribution is 2.34. The van der Waals surface area contributed by atoms with E-state index in [1.165, 1.54) is 0 Å². The molecule has 0 aliphatic carbocycles.